The molecular formula is C12H14N4O3. The Morgan fingerprint density at radius 2 is 2.21 bits per heavy atom. The van der Waals surface area contributed by atoms with Gasteiger partial charge in [-0.05, 0) is 19.8 Å². The minimum atomic E-state index is -0.360. The van der Waals surface area contributed by atoms with Gasteiger partial charge in [-0.25, -0.2) is 4.79 Å². The number of aromatic nitrogens is 4. The summed E-state index contributed by atoms with van der Waals surface area (Å²) in [7, 11) is 0. The number of hydrogen-bond acceptors (Lipinski definition) is 5. The molecule has 0 unspecified atom stereocenters. The summed E-state index contributed by atoms with van der Waals surface area (Å²) in [5.41, 5.74) is -0.720. The zero-order chi connectivity index (χ0) is 13.4. The fraction of sp³-hybridized carbons (Fsp3) is 0.500. The smallest absolute Gasteiger partial charge is 0.331 e. The van der Waals surface area contributed by atoms with Crippen LogP contribution >= 0.6 is 0 Å². The molecule has 1 aliphatic carbocycles. The lowest BCUT2D eigenvalue weighted by molar-refractivity contribution is 0.361. The summed E-state index contributed by atoms with van der Waals surface area (Å²) in [6, 6.07) is 1.36. The Morgan fingerprint density at radius 3 is 2.89 bits per heavy atom. The van der Waals surface area contributed by atoms with Crippen LogP contribution in [-0.4, -0.2) is 19.3 Å². The standard InChI is InChI=1S/C12H14N4O3/c1-2-15-6-5-10(17)16(12(15)18)7-9-13-11(14-19-9)8-3-4-8/h5-6,8H,2-4,7H2,1H3. The SMILES string of the molecule is CCn1ccc(=O)n(Cc2nc(C3CC3)no2)c1=O. The largest absolute Gasteiger partial charge is 0.337 e. The van der Waals surface area contributed by atoms with Crippen LogP contribution in [0.1, 0.15) is 37.4 Å². The molecular weight excluding hydrogens is 248 g/mol. The third-order valence-electron chi connectivity index (χ3n) is 3.20. The summed E-state index contributed by atoms with van der Waals surface area (Å²) in [6.45, 7) is 2.38. The van der Waals surface area contributed by atoms with Gasteiger partial charge in [-0.15, -0.1) is 0 Å². The van der Waals surface area contributed by atoms with Gasteiger partial charge >= 0.3 is 5.69 Å². The van der Waals surface area contributed by atoms with Crippen molar-refractivity contribution in [1.29, 1.82) is 0 Å². The maximum Gasteiger partial charge on any atom is 0.331 e. The molecule has 0 radical (unpaired) electrons. The van der Waals surface area contributed by atoms with E-state index < -0.39 is 0 Å². The fourth-order valence-corrected chi connectivity index (χ4v) is 1.92. The Balaban J connectivity index is 1.93. The Morgan fingerprint density at radius 1 is 1.42 bits per heavy atom. The van der Waals surface area contributed by atoms with Gasteiger partial charge in [0.15, 0.2) is 5.82 Å². The molecule has 0 aliphatic heterocycles. The minimum absolute atomic E-state index is 0.0260. The highest BCUT2D eigenvalue weighted by Gasteiger charge is 2.28. The van der Waals surface area contributed by atoms with Gasteiger partial charge in [-0.1, -0.05) is 5.16 Å². The first-order valence-corrected chi connectivity index (χ1v) is 6.32. The van der Waals surface area contributed by atoms with Crippen LogP contribution < -0.4 is 11.2 Å². The van der Waals surface area contributed by atoms with E-state index in [1.807, 2.05) is 6.92 Å². The van der Waals surface area contributed by atoms with Gasteiger partial charge in [0.1, 0.15) is 6.54 Å². The first-order valence-electron chi connectivity index (χ1n) is 6.32. The highest BCUT2D eigenvalue weighted by atomic mass is 16.5. The molecule has 2 aromatic rings. The molecule has 0 N–H and O–H groups in total. The molecule has 0 saturated heterocycles. The molecule has 1 aliphatic rings. The third-order valence-corrected chi connectivity index (χ3v) is 3.20. The highest BCUT2D eigenvalue weighted by Crippen LogP contribution is 2.38. The van der Waals surface area contributed by atoms with E-state index in [4.69, 9.17) is 4.52 Å². The molecule has 7 heteroatoms. The normalized spacial score (nSPS) is 14.8. The van der Waals surface area contributed by atoms with E-state index in [1.165, 1.54) is 16.8 Å². The Labute approximate surface area is 108 Å². The average Bonchev–Trinajstić information content (AvgIpc) is 3.15. The van der Waals surface area contributed by atoms with Crippen LogP contribution in [0.2, 0.25) is 0 Å². The fourth-order valence-electron chi connectivity index (χ4n) is 1.92. The molecule has 7 nitrogen and oxygen atoms in total. The molecule has 3 rings (SSSR count). The van der Waals surface area contributed by atoms with E-state index in [9.17, 15) is 9.59 Å². The van der Waals surface area contributed by atoms with E-state index in [0.29, 0.717) is 24.2 Å². The van der Waals surface area contributed by atoms with Gasteiger partial charge in [0.2, 0.25) is 5.89 Å². The van der Waals surface area contributed by atoms with Gasteiger partial charge in [0.05, 0.1) is 0 Å². The molecule has 2 heterocycles. The lowest BCUT2D eigenvalue weighted by Crippen LogP contribution is -2.39. The highest BCUT2D eigenvalue weighted by molar-refractivity contribution is 5.03. The second-order valence-electron chi connectivity index (χ2n) is 4.63. The minimum Gasteiger partial charge on any atom is -0.337 e. The van der Waals surface area contributed by atoms with E-state index in [1.54, 1.807) is 0 Å². The van der Waals surface area contributed by atoms with E-state index in [-0.39, 0.29) is 17.8 Å². The van der Waals surface area contributed by atoms with Crippen molar-refractivity contribution in [2.45, 2.75) is 38.8 Å². The zero-order valence-electron chi connectivity index (χ0n) is 10.6. The van der Waals surface area contributed by atoms with Crippen LogP contribution in [0.15, 0.2) is 26.4 Å². The molecule has 2 aromatic heterocycles. The predicted octanol–water partition coefficient (Wildman–Crippen LogP) is 0.339. The molecule has 0 spiro atoms. The molecule has 0 bridgehead atoms. The number of rotatable bonds is 4. The van der Waals surface area contributed by atoms with Crippen LogP contribution in [0.5, 0.6) is 0 Å². The van der Waals surface area contributed by atoms with E-state index in [2.05, 4.69) is 10.1 Å². The third kappa shape index (κ3) is 2.23. The topological polar surface area (TPSA) is 82.9 Å². The summed E-state index contributed by atoms with van der Waals surface area (Å²) in [5, 5.41) is 3.87. The first kappa shape index (κ1) is 11.9. The van der Waals surface area contributed by atoms with Crippen LogP contribution in [0.25, 0.3) is 0 Å². The lowest BCUT2D eigenvalue weighted by Gasteiger charge is -2.05. The quantitative estimate of drug-likeness (QED) is 0.793. The van der Waals surface area contributed by atoms with E-state index in [0.717, 1.165) is 17.4 Å². The Hall–Kier alpha value is -2.18. The monoisotopic (exact) mass is 262 g/mol. The van der Waals surface area contributed by atoms with Gasteiger partial charge < -0.3 is 9.09 Å². The van der Waals surface area contributed by atoms with Crippen molar-refractivity contribution in [3.05, 3.63) is 44.8 Å². The molecule has 0 atom stereocenters. The first-order chi connectivity index (χ1) is 9.19. The molecule has 0 amide bonds. The molecule has 1 fully saturated rings. The Kier molecular flexibility index (Phi) is 2.81. The van der Waals surface area contributed by atoms with Crippen LogP contribution in [0.4, 0.5) is 0 Å². The van der Waals surface area contributed by atoms with Gasteiger partial charge in [0.25, 0.3) is 5.56 Å². The number of hydrogen-bond donors (Lipinski definition) is 0. The molecule has 0 aromatic carbocycles. The second-order valence-corrected chi connectivity index (χ2v) is 4.63. The summed E-state index contributed by atoms with van der Waals surface area (Å²) in [4.78, 5) is 28.0. The van der Waals surface area contributed by atoms with Crippen LogP contribution in [0, 0.1) is 0 Å². The van der Waals surface area contributed by atoms with Crippen molar-refractivity contribution in [2.24, 2.45) is 0 Å². The van der Waals surface area contributed by atoms with E-state index >= 15 is 0 Å². The predicted molar refractivity (Wildman–Crippen MR) is 66.0 cm³/mol. The molecule has 100 valence electrons. The second kappa shape index (κ2) is 4.49. The number of nitrogens with zero attached hydrogens (tertiary/aromatic N) is 4. The Bertz CT molecular complexity index is 708. The van der Waals surface area contributed by atoms with Crippen molar-refractivity contribution in [3.63, 3.8) is 0 Å². The zero-order valence-corrected chi connectivity index (χ0v) is 10.6. The molecule has 19 heavy (non-hydrogen) atoms. The van der Waals surface area contributed by atoms with Crippen molar-refractivity contribution in [2.75, 3.05) is 0 Å². The lowest BCUT2D eigenvalue weighted by atomic mass is 10.4. The summed E-state index contributed by atoms with van der Waals surface area (Å²) < 4.78 is 7.65. The summed E-state index contributed by atoms with van der Waals surface area (Å²) in [6.07, 6.45) is 3.64. The summed E-state index contributed by atoms with van der Waals surface area (Å²) >= 11 is 0. The van der Waals surface area contributed by atoms with Gasteiger partial charge in [-0.2, -0.15) is 4.98 Å². The van der Waals surface area contributed by atoms with Crippen molar-refractivity contribution >= 4 is 0 Å². The number of aryl methyl sites for hydroxylation is 1. The van der Waals surface area contributed by atoms with Crippen molar-refractivity contribution < 1.29 is 4.52 Å². The summed E-state index contributed by atoms with van der Waals surface area (Å²) in [5.74, 6) is 1.36. The maximum atomic E-state index is 12.0. The molecule has 1 saturated carbocycles. The van der Waals surface area contributed by atoms with Crippen LogP contribution in [-0.2, 0) is 13.1 Å². The average molecular weight is 262 g/mol. The van der Waals surface area contributed by atoms with Crippen LogP contribution in [0.3, 0.4) is 0 Å². The van der Waals surface area contributed by atoms with Crippen molar-refractivity contribution in [3.8, 4) is 0 Å². The van der Waals surface area contributed by atoms with Gasteiger partial charge in [-0.3, -0.25) is 9.36 Å². The van der Waals surface area contributed by atoms with Gasteiger partial charge in [0, 0.05) is 24.7 Å². The maximum absolute atomic E-state index is 12.0. The van der Waals surface area contributed by atoms with Crippen molar-refractivity contribution in [1.82, 2.24) is 19.3 Å².